The molecule has 1 aliphatic rings. The molecular formula is C36H40F2N14O4. The monoisotopic (exact) mass is 770 g/mol. The molecule has 4 aromatic heterocycles. The van der Waals surface area contributed by atoms with Gasteiger partial charge in [0, 0.05) is 37.3 Å². The lowest BCUT2D eigenvalue weighted by Gasteiger charge is -2.23. The van der Waals surface area contributed by atoms with E-state index in [1.165, 1.54) is 24.3 Å². The quantitative estimate of drug-likeness (QED) is 0.206. The summed E-state index contributed by atoms with van der Waals surface area (Å²) in [6.45, 7) is 3.74. The average Bonchev–Trinajstić information content (AvgIpc) is 4.02. The minimum Gasteiger partial charge on any atom is -0.355 e. The minimum absolute atomic E-state index is 0.0929. The second kappa shape index (κ2) is 18.4. The van der Waals surface area contributed by atoms with Gasteiger partial charge in [-0.25, -0.2) is 18.1 Å². The third-order valence-electron chi connectivity index (χ3n) is 8.86. The highest BCUT2D eigenvalue weighted by Gasteiger charge is 2.18. The Morgan fingerprint density at radius 2 is 1.02 bits per heavy atom. The molecule has 1 aliphatic heterocycles. The lowest BCUT2D eigenvalue weighted by Crippen LogP contribution is -2.40. The van der Waals surface area contributed by atoms with Gasteiger partial charge in [-0.3, -0.25) is 19.4 Å². The van der Waals surface area contributed by atoms with Gasteiger partial charge < -0.3 is 19.7 Å². The van der Waals surface area contributed by atoms with Crippen molar-refractivity contribution in [3.05, 3.63) is 95.7 Å². The van der Waals surface area contributed by atoms with Crippen LogP contribution >= 0.6 is 0 Å². The molecule has 0 bridgehead atoms. The summed E-state index contributed by atoms with van der Waals surface area (Å²) in [5.41, 5.74) is 2.59. The number of benzene rings is 2. The van der Waals surface area contributed by atoms with E-state index in [4.69, 9.17) is 9.05 Å². The van der Waals surface area contributed by atoms with Crippen LogP contribution in [0.25, 0.3) is 22.8 Å². The highest BCUT2D eigenvalue weighted by atomic mass is 19.1. The summed E-state index contributed by atoms with van der Waals surface area (Å²) in [5, 5.41) is 31.0. The molecule has 1 saturated heterocycles. The number of aromatic nitrogens is 10. The molecule has 0 spiro atoms. The third kappa shape index (κ3) is 10.9. The normalized spacial score (nSPS) is 15.8. The number of hydrogen-bond donors (Lipinski definition) is 2. The van der Waals surface area contributed by atoms with E-state index in [9.17, 15) is 18.4 Å². The molecule has 20 heteroatoms. The van der Waals surface area contributed by atoms with Crippen molar-refractivity contribution in [1.82, 2.24) is 70.7 Å². The predicted molar refractivity (Wildman–Crippen MR) is 193 cm³/mol. The van der Waals surface area contributed by atoms with Gasteiger partial charge in [-0.05, 0) is 87.3 Å². The molecule has 0 atom stereocenters. The Balaban J connectivity index is 0.944. The summed E-state index contributed by atoms with van der Waals surface area (Å²) in [6, 6.07) is 11.6. The van der Waals surface area contributed by atoms with Crippen molar-refractivity contribution in [2.75, 3.05) is 39.3 Å². The zero-order valence-electron chi connectivity index (χ0n) is 30.4. The summed E-state index contributed by atoms with van der Waals surface area (Å²) < 4.78 is 40.6. The largest absolute Gasteiger partial charge is 0.355 e. The van der Waals surface area contributed by atoms with Crippen LogP contribution in [0.15, 0.2) is 70.0 Å². The molecule has 0 unspecified atom stereocenters. The molecule has 292 valence electrons. The molecule has 0 radical (unpaired) electrons. The Kier molecular flexibility index (Phi) is 12.5. The summed E-state index contributed by atoms with van der Waals surface area (Å²) in [4.78, 5) is 38.6. The van der Waals surface area contributed by atoms with Gasteiger partial charge in [0.15, 0.2) is 0 Å². The van der Waals surface area contributed by atoms with Gasteiger partial charge in [-0.2, -0.15) is 9.97 Å². The van der Waals surface area contributed by atoms with Gasteiger partial charge in [0.05, 0.1) is 36.9 Å². The van der Waals surface area contributed by atoms with E-state index >= 15 is 0 Å². The molecule has 56 heavy (non-hydrogen) atoms. The highest BCUT2D eigenvalue weighted by Crippen LogP contribution is 2.18. The molecule has 1 fully saturated rings. The van der Waals surface area contributed by atoms with Crippen LogP contribution in [0.4, 0.5) is 8.78 Å². The number of hydrogen-bond acceptors (Lipinski definition) is 14. The van der Waals surface area contributed by atoms with E-state index < -0.39 is 0 Å². The second-order valence-corrected chi connectivity index (χ2v) is 13.4. The van der Waals surface area contributed by atoms with Crippen LogP contribution in [0.1, 0.15) is 48.9 Å². The van der Waals surface area contributed by atoms with Crippen molar-refractivity contribution >= 4 is 11.8 Å². The van der Waals surface area contributed by atoms with Gasteiger partial charge in [0.1, 0.15) is 24.7 Å². The molecule has 7 rings (SSSR count). The lowest BCUT2D eigenvalue weighted by molar-refractivity contribution is -0.123. The van der Waals surface area contributed by atoms with Crippen LogP contribution < -0.4 is 10.6 Å². The van der Waals surface area contributed by atoms with Crippen LogP contribution in [-0.2, 0) is 35.8 Å². The fourth-order valence-corrected chi connectivity index (χ4v) is 6.10. The Hall–Kier alpha value is -6.28. The van der Waals surface area contributed by atoms with Gasteiger partial charge in [-0.1, -0.05) is 20.7 Å². The van der Waals surface area contributed by atoms with Crippen molar-refractivity contribution in [3.63, 3.8) is 0 Å². The number of amides is 2. The minimum atomic E-state index is -0.354. The molecule has 6 aromatic rings. The smallest absolute Gasteiger partial charge is 0.248 e. The van der Waals surface area contributed by atoms with Gasteiger partial charge >= 0.3 is 0 Å². The number of nitrogens with one attached hydrogen (secondary N) is 2. The maximum absolute atomic E-state index is 13.3. The number of nitrogens with zero attached hydrogens (tertiary/aromatic N) is 12. The molecule has 2 N–H and O–H groups in total. The first-order chi connectivity index (χ1) is 27.3. The molecule has 0 saturated carbocycles. The SMILES string of the molecule is O=C1CN(Cc2cn(Cc3nc(-c4ccc(F)cc4)no3)nn2)CCCCN(Cc2cn(Cc3nc(-c4ccc(F)cc4)no3)nn2)CC(=O)NCCCCN1. The summed E-state index contributed by atoms with van der Waals surface area (Å²) in [5.74, 6) is 0.418. The van der Waals surface area contributed by atoms with Crippen molar-refractivity contribution < 1.29 is 27.4 Å². The van der Waals surface area contributed by atoms with E-state index in [-0.39, 0.29) is 49.6 Å². The first-order valence-corrected chi connectivity index (χ1v) is 18.2. The van der Waals surface area contributed by atoms with E-state index in [0.717, 1.165) is 25.7 Å². The second-order valence-electron chi connectivity index (χ2n) is 13.4. The molecule has 18 nitrogen and oxygen atoms in total. The topological polar surface area (TPSA) is 204 Å². The Morgan fingerprint density at radius 1 is 0.589 bits per heavy atom. The predicted octanol–water partition coefficient (Wildman–Crippen LogP) is 2.46. The van der Waals surface area contributed by atoms with Crippen molar-refractivity contribution in [2.45, 2.75) is 51.9 Å². The van der Waals surface area contributed by atoms with E-state index in [1.807, 2.05) is 9.80 Å². The zero-order chi connectivity index (χ0) is 38.7. The average molecular weight is 771 g/mol. The van der Waals surface area contributed by atoms with Crippen LogP contribution in [0.2, 0.25) is 0 Å². The first kappa shape index (κ1) is 38.0. The van der Waals surface area contributed by atoms with Crippen LogP contribution in [0.5, 0.6) is 0 Å². The van der Waals surface area contributed by atoms with Gasteiger partial charge in [-0.15, -0.1) is 10.2 Å². The van der Waals surface area contributed by atoms with E-state index in [2.05, 4.69) is 51.5 Å². The van der Waals surface area contributed by atoms with Gasteiger partial charge in [0.2, 0.25) is 35.2 Å². The third-order valence-corrected chi connectivity index (χ3v) is 8.86. The summed E-state index contributed by atoms with van der Waals surface area (Å²) >= 11 is 0. The Labute approximate surface area is 319 Å². The number of rotatable bonds is 10. The zero-order valence-corrected chi connectivity index (χ0v) is 30.4. The van der Waals surface area contributed by atoms with E-state index in [1.54, 1.807) is 46.0 Å². The fraction of sp³-hybridized carbons (Fsp3) is 0.389. The summed E-state index contributed by atoms with van der Waals surface area (Å²) in [6.07, 6.45) is 6.47. The standard InChI is InChI=1S/C36H40F2N14O4/c37-27-9-5-25(6-10-27)35-41-33(55-45-35)23-51-19-29(43-47-51)17-49-15-3-4-16-50(22-32(54)40-14-2-1-13-39-31(53)21-49)18-30-20-52(48-44-30)24-34-42-36(46-56-34)26-7-11-28(38)12-8-26/h5-12,19-20H,1-4,13-18,21-24H2,(H,39,53)(H,40,54). The Bertz CT molecular complexity index is 2030. The van der Waals surface area contributed by atoms with Crippen molar-refractivity contribution in [2.24, 2.45) is 0 Å². The molecule has 5 heterocycles. The maximum atomic E-state index is 13.3. The maximum Gasteiger partial charge on any atom is 0.248 e. The van der Waals surface area contributed by atoms with Crippen molar-refractivity contribution in [3.8, 4) is 22.8 Å². The molecule has 2 amide bonds. The number of carbonyl (C=O) groups excluding carboxylic acids is 2. The first-order valence-electron chi connectivity index (χ1n) is 18.2. The molecule has 0 aliphatic carbocycles. The highest BCUT2D eigenvalue weighted by molar-refractivity contribution is 5.78. The molecular weight excluding hydrogens is 730 g/mol. The Morgan fingerprint density at radius 3 is 1.45 bits per heavy atom. The lowest BCUT2D eigenvalue weighted by atomic mass is 10.2. The fourth-order valence-electron chi connectivity index (χ4n) is 6.10. The van der Waals surface area contributed by atoms with Crippen LogP contribution in [0, 0.1) is 11.6 Å². The number of carbonyl (C=O) groups is 2. The van der Waals surface area contributed by atoms with Crippen LogP contribution in [0.3, 0.4) is 0 Å². The number of halogens is 2. The van der Waals surface area contributed by atoms with Crippen molar-refractivity contribution in [1.29, 1.82) is 0 Å². The molecule has 2 aromatic carbocycles. The van der Waals surface area contributed by atoms with E-state index in [0.29, 0.717) is 85.2 Å². The summed E-state index contributed by atoms with van der Waals surface area (Å²) in [7, 11) is 0. The van der Waals surface area contributed by atoms with Crippen LogP contribution in [-0.4, -0.2) is 111 Å². The van der Waals surface area contributed by atoms with Gasteiger partial charge in [0.25, 0.3) is 0 Å².